The zero-order chi connectivity index (χ0) is 22.4. The summed E-state index contributed by atoms with van der Waals surface area (Å²) >= 11 is 0. The molecule has 0 spiro atoms. The van der Waals surface area contributed by atoms with Crippen molar-refractivity contribution in [3.05, 3.63) is 24.3 Å². The Labute approximate surface area is 177 Å². The van der Waals surface area contributed by atoms with Crippen LogP contribution >= 0.6 is 0 Å². The predicted octanol–water partition coefficient (Wildman–Crippen LogP) is 2.78. The van der Waals surface area contributed by atoms with Gasteiger partial charge >= 0.3 is 6.09 Å². The second-order valence-electron chi connectivity index (χ2n) is 9.34. The smallest absolute Gasteiger partial charge is 0.412 e. The fraction of sp³-hybridized carbons (Fsp3) is 0.636. The van der Waals surface area contributed by atoms with Gasteiger partial charge in [-0.3, -0.25) is 9.69 Å². The second-order valence-corrected chi connectivity index (χ2v) is 9.34. The van der Waals surface area contributed by atoms with Crippen LogP contribution in [0.5, 0.6) is 5.75 Å². The Balaban J connectivity index is 1.96. The first-order chi connectivity index (χ1) is 13.9. The van der Waals surface area contributed by atoms with E-state index in [0.29, 0.717) is 11.4 Å². The van der Waals surface area contributed by atoms with Gasteiger partial charge in [0.1, 0.15) is 17.1 Å². The normalized spacial score (nSPS) is 26.9. The summed E-state index contributed by atoms with van der Waals surface area (Å²) < 4.78 is 16.8. The van der Waals surface area contributed by atoms with Crippen LogP contribution in [0.2, 0.25) is 0 Å². The van der Waals surface area contributed by atoms with Gasteiger partial charge in [-0.2, -0.15) is 0 Å². The van der Waals surface area contributed by atoms with Gasteiger partial charge in [0.05, 0.1) is 37.8 Å². The van der Waals surface area contributed by atoms with Crippen molar-refractivity contribution >= 4 is 17.7 Å². The molecule has 2 amide bonds. The summed E-state index contributed by atoms with van der Waals surface area (Å²) in [5.41, 5.74) is -0.897. The van der Waals surface area contributed by atoms with Crippen molar-refractivity contribution in [1.29, 1.82) is 0 Å². The lowest BCUT2D eigenvalue weighted by Gasteiger charge is -2.52. The third-order valence-corrected chi connectivity index (χ3v) is 5.56. The van der Waals surface area contributed by atoms with Crippen LogP contribution in [0.1, 0.15) is 41.5 Å². The van der Waals surface area contributed by atoms with Crippen LogP contribution in [0, 0.1) is 5.92 Å². The van der Waals surface area contributed by atoms with E-state index in [0.717, 1.165) is 0 Å². The molecule has 166 valence electrons. The summed E-state index contributed by atoms with van der Waals surface area (Å²) in [5.74, 6) is -0.149. The molecule has 3 rings (SSSR count). The number of amides is 2. The van der Waals surface area contributed by atoms with E-state index in [1.54, 1.807) is 82.7 Å². The summed E-state index contributed by atoms with van der Waals surface area (Å²) in [6.07, 6.45) is -1.37. The molecule has 8 heteroatoms. The van der Waals surface area contributed by atoms with E-state index < -0.39 is 41.5 Å². The summed E-state index contributed by atoms with van der Waals surface area (Å²) in [5, 5.41) is 10.3. The maximum atomic E-state index is 13.1. The molecule has 2 fully saturated rings. The summed E-state index contributed by atoms with van der Waals surface area (Å²) in [6, 6.07) is 6.22. The largest absolute Gasteiger partial charge is 0.497 e. The number of aliphatic hydroxyl groups is 1. The zero-order valence-corrected chi connectivity index (χ0v) is 18.7. The lowest BCUT2D eigenvalue weighted by atomic mass is 9.78. The fourth-order valence-corrected chi connectivity index (χ4v) is 4.23. The minimum atomic E-state index is -0.902. The van der Waals surface area contributed by atoms with E-state index >= 15 is 0 Å². The number of β-lactam (4-membered cyclic amide) rings is 1. The molecule has 0 unspecified atom stereocenters. The first kappa shape index (κ1) is 22.4. The van der Waals surface area contributed by atoms with Crippen molar-refractivity contribution < 1.29 is 28.9 Å². The molecule has 0 radical (unpaired) electrons. The average Bonchev–Trinajstić information content (AvgIpc) is 2.93. The Hall–Kier alpha value is -2.32. The van der Waals surface area contributed by atoms with E-state index in [-0.39, 0.29) is 12.5 Å². The Morgan fingerprint density at radius 3 is 2.37 bits per heavy atom. The van der Waals surface area contributed by atoms with E-state index in [1.807, 2.05) is 0 Å². The van der Waals surface area contributed by atoms with E-state index in [4.69, 9.17) is 14.2 Å². The SMILES string of the molecule is COc1ccc(N2C(=O)[C@@H]([C@@H](C)O)[C@@H]2[C@@H]2COC(C)(C)N2C(=O)OC(C)(C)C)cc1. The van der Waals surface area contributed by atoms with Crippen LogP contribution in [0.25, 0.3) is 0 Å². The number of aliphatic hydroxyl groups excluding tert-OH is 1. The van der Waals surface area contributed by atoms with Gasteiger partial charge in [-0.05, 0) is 65.8 Å². The number of carbonyl (C=O) groups excluding carboxylic acids is 2. The number of nitrogens with zero attached hydrogens (tertiary/aromatic N) is 2. The number of hydrogen-bond acceptors (Lipinski definition) is 6. The number of anilines is 1. The molecular formula is C22H32N2O6. The highest BCUT2D eigenvalue weighted by Crippen LogP contribution is 2.43. The van der Waals surface area contributed by atoms with Gasteiger partial charge in [-0.1, -0.05) is 0 Å². The van der Waals surface area contributed by atoms with Gasteiger partial charge in [0, 0.05) is 5.69 Å². The molecule has 30 heavy (non-hydrogen) atoms. The van der Waals surface area contributed by atoms with Crippen LogP contribution in [-0.4, -0.2) is 65.2 Å². The topological polar surface area (TPSA) is 88.5 Å². The monoisotopic (exact) mass is 420 g/mol. The van der Waals surface area contributed by atoms with Crippen LogP contribution in [0.4, 0.5) is 10.5 Å². The van der Waals surface area contributed by atoms with Crippen molar-refractivity contribution in [3.8, 4) is 5.75 Å². The molecule has 2 aliphatic rings. The van der Waals surface area contributed by atoms with Gasteiger partial charge in [0.15, 0.2) is 0 Å². The van der Waals surface area contributed by atoms with E-state index in [1.165, 1.54) is 0 Å². The van der Waals surface area contributed by atoms with Crippen molar-refractivity contribution in [1.82, 2.24) is 4.90 Å². The number of ether oxygens (including phenoxy) is 3. The lowest BCUT2D eigenvalue weighted by molar-refractivity contribution is -0.137. The quantitative estimate of drug-likeness (QED) is 0.754. The van der Waals surface area contributed by atoms with Crippen molar-refractivity contribution in [3.63, 3.8) is 0 Å². The number of methoxy groups -OCH3 is 1. The van der Waals surface area contributed by atoms with Crippen molar-refractivity contribution in [2.24, 2.45) is 5.92 Å². The third-order valence-electron chi connectivity index (χ3n) is 5.56. The summed E-state index contributed by atoms with van der Waals surface area (Å²) in [4.78, 5) is 29.2. The molecule has 0 aliphatic carbocycles. The molecule has 1 aromatic carbocycles. The Morgan fingerprint density at radius 1 is 1.27 bits per heavy atom. The van der Waals surface area contributed by atoms with Gasteiger partial charge in [0.25, 0.3) is 0 Å². The summed E-state index contributed by atoms with van der Waals surface area (Å²) in [6.45, 7) is 10.8. The Morgan fingerprint density at radius 2 is 1.87 bits per heavy atom. The maximum Gasteiger partial charge on any atom is 0.412 e. The third kappa shape index (κ3) is 3.98. The first-order valence-corrected chi connectivity index (χ1v) is 10.2. The standard InChI is InChI=1S/C22H32N2O6/c1-13(25)17-18(23(19(17)26)14-8-10-15(28-7)11-9-14)16-12-29-22(5,6)24(16)20(27)30-21(2,3)4/h8-11,13,16-18,25H,12H2,1-7H3/t13-,16+,17+,18+/m1/s1. The van der Waals surface area contributed by atoms with E-state index in [9.17, 15) is 14.7 Å². The Bertz CT molecular complexity index is 799. The average molecular weight is 421 g/mol. The van der Waals surface area contributed by atoms with E-state index in [2.05, 4.69) is 0 Å². The second kappa shape index (κ2) is 7.74. The number of rotatable bonds is 4. The molecule has 1 N–H and O–H groups in total. The highest BCUT2D eigenvalue weighted by molar-refractivity contribution is 6.03. The van der Waals surface area contributed by atoms with Crippen molar-refractivity contribution in [2.75, 3.05) is 18.6 Å². The van der Waals surface area contributed by atoms with Gasteiger partial charge < -0.3 is 24.2 Å². The molecule has 4 atom stereocenters. The van der Waals surface area contributed by atoms with Crippen LogP contribution in [-0.2, 0) is 14.3 Å². The molecule has 8 nitrogen and oxygen atoms in total. The molecule has 0 bridgehead atoms. The van der Waals surface area contributed by atoms with Crippen LogP contribution < -0.4 is 9.64 Å². The molecule has 0 saturated carbocycles. The molecule has 2 saturated heterocycles. The fourth-order valence-electron chi connectivity index (χ4n) is 4.23. The molecule has 1 aromatic rings. The number of hydrogen-bond donors (Lipinski definition) is 1. The number of benzene rings is 1. The minimum Gasteiger partial charge on any atom is -0.497 e. The van der Waals surface area contributed by atoms with Gasteiger partial charge in [0.2, 0.25) is 5.91 Å². The van der Waals surface area contributed by atoms with Crippen LogP contribution in [0.15, 0.2) is 24.3 Å². The van der Waals surface area contributed by atoms with Gasteiger partial charge in [-0.25, -0.2) is 4.79 Å². The first-order valence-electron chi connectivity index (χ1n) is 10.2. The Kier molecular flexibility index (Phi) is 5.77. The van der Waals surface area contributed by atoms with Crippen LogP contribution in [0.3, 0.4) is 0 Å². The van der Waals surface area contributed by atoms with Crippen molar-refractivity contribution in [2.45, 2.75) is 71.1 Å². The van der Waals surface area contributed by atoms with Gasteiger partial charge in [-0.15, -0.1) is 0 Å². The minimum absolute atomic E-state index is 0.186. The molecule has 0 aromatic heterocycles. The highest BCUT2D eigenvalue weighted by Gasteiger charge is 2.60. The zero-order valence-electron chi connectivity index (χ0n) is 18.7. The molecule has 2 heterocycles. The lowest BCUT2D eigenvalue weighted by Crippen LogP contribution is -2.72. The molecular weight excluding hydrogens is 388 g/mol. The highest BCUT2D eigenvalue weighted by atomic mass is 16.6. The summed E-state index contributed by atoms with van der Waals surface area (Å²) in [7, 11) is 1.58. The predicted molar refractivity (Wildman–Crippen MR) is 111 cm³/mol. The molecule has 2 aliphatic heterocycles. The number of carbonyl (C=O) groups is 2. The maximum absolute atomic E-state index is 13.1.